The van der Waals surface area contributed by atoms with Crippen LogP contribution in [0.2, 0.25) is 0 Å². The molecule has 13 heteroatoms. The molecule has 3 amide bonds. The van der Waals surface area contributed by atoms with Crippen molar-refractivity contribution >= 4 is 52.6 Å². The molecule has 248 valence electrons. The first kappa shape index (κ1) is 34.2. The highest BCUT2D eigenvalue weighted by atomic mass is 16.6. The van der Waals surface area contributed by atoms with E-state index in [0.717, 1.165) is 41.0 Å². The molecule has 2 aromatic carbocycles. The van der Waals surface area contributed by atoms with Gasteiger partial charge in [-0.15, -0.1) is 0 Å². The predicted molar refractivity (Wildman–Crippen MR) is 171 cm³/mol. The van der Waals surface area contributed by atoms with Crippen LogP contribution in [0.5, 0.6) is 0 Å². The van der Waals surface area contributed by atoms with Crippen molar-refractivity contribution in [1.29, 1.82) is 0 Å². The van der Waals surface area contributed by atoms with E-state index in [2.05, 4.69) is 21.7 Å². The molecule has 0 bridgehead atoms. The number of methoxy groups -OCH3 is 2. The Labute approximate surface area is 268 Å². The first-order chi connectivity index (χ1) is 21.9. The van der Waals surface area contributed by atoms with Crippen molar-refractivity contribution in [2.24, 2.45) is 0 Å². The third kappa shape index (κ3) is 7.09. The molecule has 2 N–H and O–H groups in total. The molecule has 0 saturated carbocycles. The molecule has 5 rings (SSSR count). The molecule has 1 saturated heterocycles. The van der Waals surface area contributed by atoms with E-state index >= 15 is 0 Å². The molecule has 2 unspecified atom stereocenters. The van der Waals surface area contributed by atoms with Crippen LogP contribution in [0.15, 0.2) is 36.4 Å². The number of nitrogens with zero attached hydrogens (tertiary/aromatic N) is 3. The molecule has 0 aromatic heterocycles. The monoisotopic (exact) mass is 638 g/mol. The van der Waals surface area contributed by atoms with Gasteiger partial charge in [0.05, 0.1) is 40.2 Å². The van der Waals surface area contributed by atoms with Gasteiger partial charge in [-0.2, -0.15) is 0 Å². The van der Waals surface area contributed by atoms with E-state index in [1.165, 1.54) is 19.1 Å². The van der Waals surface area contributed by atoms with Gasteiger partial charge < -0.3 is 34.4 Å². The Morgan fingerprint density at radius 2 is 1.48 bits per heavy atom. The van der Waals surface area contributed by atoms with E-state index in [1.54, 1.807) is 11.0 Å². The Morgan fingerprint density at radius 1 is 0.913 bits per heavy atom. The molecule has 1 fully saturated rings. The number of hydrogen-bond acceptors (Lipinski definition) is 10. The van der Waals surface area contributed by atoms with E-state index < -0.39 is 30.2 Å². The Morgan fingerprint density at radius 3 is 2.02 bits per heavy atom. The fourth-order valence-electron chi connectivity index (χ4n) is 5.65. The topological polar surface area (TPSA) is 155 Å². The van der Waals surface area contributed by atoms with Crippen LogP contribution >= 0.6 is 0 Å². The van der Waals surface area contributed by atoms with Crippen molar-refractivity contribution in [3.8, 4) is 0 Å². The third-order valence-electron chi connectivity index (χ3n) is 8.51. The number of aliphatic hydroxyl groups is 1. The van der Waals surface area contributed by atoms with E-state index in [0.29, 0.717) is 18.5 Å². The quantitative estimate of drug-likeness (QED) is 0.293. The number of esters is 2. The first-order valence-electron chi connectivity index (χ1n) is 15.4. The standard InChI is InChI=1S/C17H20N2O5.C16H22N2O4/c1-4-10(2)19-13-6-5-12(7-11(13)8-15(19)20)18-9-14(16(21)23-3)24-17(18)22;1-4-10(2)18-13-6-5-12(7-11(13)8-15(18)20)17-9-14(19)16(21)22-3/h5-7,10,14H,4,8-9H2,1-3H3;5-7,10,14,17,19H,4,8-9H2,1-3H3/t2*10?,14-/m11/s1. The number of fused-ring (bicyclic) bond motifs is 2. The maximum atomic E-state index is 12.3. The maximum absolute atomic E-state index is 12.3. The molecular formula is C33H42N4O9. The average Bonchev–Trinajstić information content (AvgIpc) is 3.72. The Kier molecular flexibility index (Phi) is 10.9. The lowest BCUT2D eigenvalue weighted by Crippen LogP contribution is -2.35. The van der Waals surface area contributed by atoms with Crippen LogP contribution in [-0.2, 0) is 46.2 Å². The van der Waals surface area contributed by atoms with Crippen LogP contribution in [0.3, 0.4) is 0 Å². The molecule has 3 aliphatic heterocycles. The number of rotatable bonds is 10. The van der Waals surface area contributed by atoms with Crippen LogP contribution in [0, 0.1) is 0 Å². The lowest BCUT2D eigenvalue weighted by molar-refractivity contribution is -0.149. The van der Waals surface area contributed by atoms with Gasteiger partial charge >= 0.3 is 18.0 Å². The van der Waals surface area contributed by atoms with Crippen LogP contribution in [0.25, 0.3) is 0 Å². The minimum atomic E-state index is -1.21. The number of cyclic esters (lactones) is 1. The normalized spacial score (nSPS) is 18.6. The van der Waals surface area contributed by atoms with Gasteiger partial charge in [0.15, 0.2) is 6.10 Å². The van der Waals surface area contributed by atoms with Crippen LogP contribution < -0.4 is 20.0 Å². The van der Waals surface area contributed by atoms with Crippen molar-refractivity contribution in [1.82, 2.24) is 0 Å². The highest BCUT2D eigenvalue weighted by molar-refractivity contribution is 6.03. The van der Waals surface area contributed by atoms with Gasteiger partial charge in [-0.1, -0.05) is 13.8 Å². The second-order valence-corrected chi connectivity index (χ2v) is 11.5. The summed E-state index contributed by atoms with van der Waals surface area (Å²) in [4.78, 5) is 64.1. The Bertz CT molecular complexity index is 1500. The summed E-state index contributed by atoms with van der Waals surface area (Å²) in [7, 11) is 2.49. The number of anilines is 4. The molecule has 4 atom stereocenters. The molecule has 0 aliphatic carbocycles. The van der Waals surface area contributed by atoms with Gasteiger partial charge in [0.2, 0.25) is 17.9 Å². The SMILES string of the molecule is CCC(C)N1C(=O)Cc2cc(N3C[C@H](C(=O)OC)OC3=O)ccc21.CCC(C)N1C(=O)Cc2cc(NC[C@@H](O)C(=O)OC)ccc21. The molecule has 0 spiro atoms. The van der Waals surface area contributed by atoms with Gasteiger partial charge in [0, 0.05) is 34.8 Å². The van der Waals surface area contributed by atoms with E-state index in [1.807, 2.05) is 56.0 Å². The van der Waals surface area contributed by atoms with Crippen LogP contribution in [0.1, 0.15) is 51.7 Å². The molecule has 3 aliphatic rings. The lowest BCUT2D eigenvalue weighted by Gasteiger charge is -2.24. The van der Waals surface area contributed by atoms with Gasteiger partial charge in [0.1, 0.15) is 0 Å². The van der Waals surface area contributed by atoms with Crippen LogP contribution in [0.4, 0.5) is 27.5 Å². The summed E-state index contributed by atoms with van der Waals surface area (Å²) in [6, 6.07) is 11.4. The zero-order chi connectivity index (χ0) is 33.7. The number of carbonyl (C=O) groups is 5. The number of benzene rings is 2. The van der Waals surface area contributed by atoms with E-state index in [-0.39, 0.29) is 37.0 Å². The minimum Gasteiger partial charge on any atom is -0.467 e. The summed E-state index contributed by atoms with van der Waals surface area (Å²) in [5, 5.41) is 12.5. The van der Waals surface area contributed by atoms with Gasteiger partial charge in [-0.05, 0) is 74.2 Å². The summed E-state index contributed by atoms with van der Waals surface area (Å²) in [6.45, 7) is 8.31. The second-order valence-electron chi connectivity index (χ2n) is 11.5. The molecule has 13 nitrogen and oxygen atoms in total. The van der Waals surface area contributed by atoms with Gasteiger partial charge in [-0.25, -0.2) is 14.4 Å². The smallest absolute Gasteiger partial charge is 0.415 e. The zero-order valence-corrected chi connectivity index (χ0v) is 27.1. The summed E-state index contributed by atoms with van der Waals surface area (Å²) in [5.41, 5.74) is 5.05. The summed E-state index contributed by atoms with van der Waals surface area (Å²) in [6.07, 6.45) is -0.257. The van der Waals surface area contributed by atoms with Crippen LogP contribution in [-0.4, -0.2) is 86.6 Å². The van der Waals surface area contributed by atoms with Crippen molar-refractivity contribution in [3.63, 3.8) is 0 Å². The fourth-order valence-corrected chi connectivity index (χ4v) is 5.65. The molecule has 46 heavy (non-hydrogen) atoms. The number of carbonyl (C=O) groups excluding carboxylic acids is 5. The Balaban J connectivity index is 0.000000210. The van der Waals surface area contributed by atoms with Gasteiger partial charge in [-0.3, -0.25) is 14.5 Å². The maximum Gasteiger partial charge on any atom is 0.415 e. The number of ether oxygens (including phenoxy) is 3. The van der Waals surface area contributed by atoms with Crippen molar-refractivity contribution in [2.45, 2.75) is 77.7 Å². The number of amides is 3. The van der Waals surface area contributed by atoms with Crippen molar-refractivity contribution in [3.05, 3.63) is 47.5 Å². The molecule has 3 heterocycles. The molecule has 2 aromatic rings. The fraction of sp³-hybridized carbons (Fsp3) is 0.485. The van der Waals surface area contributed by atoms with E-state index in [9.17, 15) is 29.1 Å². The van der Waals surface area contributed by atoms with Gasteiger partial charge in [0.25, 0.3) is 0 Å². The minimum absolute atomic E-state index is 0.0629. The van der Waals surface area contributed by atoms with Crippen molar-refractivity contribution < 1.29 is 43.3 Å². The van der Waals surface area contributed by atoms with Crippen molar-refractivity contribution in [2.75, 3.05) is 47.3 Å². The predicted octanol–water partition coefficient (Wildman–Crippen LogP) is 3.19. The molecule has 0 radical (unpaired) electrons. The average molecular weight is 639 g/mol. The number of nitrogens with one attached hydrogen (secondary N) is 1. The number of hydrogen-bond donors (Lipinski definition) is 2. The zero-order valence-electron chi connectivity index (χ0n) is 27.1. The van der Waals surface area contributed by atoms with E-state index in [4.69, 9.17) is 4.74 Å². The second kappa shape index (κ2) is 14.6. The largest absolute Gasteiger partial charge is 0.467 e. The lowest BCUT2D eigenvalue weighted by atomic mass is 10.1. The summed E-state index contributed by atoms with van der Waals surface area (Å²) >= 11 is 0. The third-order valence-corrected chi connectivity index (χ3v) is 8.51. The highest BCUT2D eigenvalue weighted by Gasteiger charge is 2.39. The summed E-state index contributed by atoms with van der Waals surface area (Å²) in [5.74, 6) is -1.08. The molecular weight excluding hydrogens is 596 g/mol. The Hall–Kier alpha value is -4.65. The first-order valence-corrected chi connectivity index (χ1v) is 15.4. The highest BCUT2D eigenvalue weighted by Crippen LogP contribution is 2.36. The number of aliphatic hydroxyl groups excluding tert-OH is 1. The summed E-state index contributed by atoms with van der Waals surface area (Å²) < 4.78 is 14.1.